The predicted octanol–water partition coefficient (Wildman–Crippen LogP) is 3.68. The zero-order valence-electron chi connectivity index (χ0n) is 11.6. The van der Waals surface area contributed by atoms with Crippen molar-refractivity contribution in [3.8, 4) is 5.75 Å². The normalized spacial score (nSPS) is 10.4. The fourth-order valence-corrected chi connectivity index (χ4v) is 2.09. The summed E-state index contributed by atoms with van der Waals surface area (Å²) < 4.78 is 5.62. The minimum atomic E-state index is 0.703. The molecule has 0 aliphatic carbocycles. The van der Waals surface area contributed by atoms with Crippen LogP contribution >= 0.6 is 0 Å². The molecule has 0 heterocycles. The van der Waals surface area contributed by atoms with Crippen molar-refractivity contribution in [2.24, 2.45) is 0 Å². The van der Waals surface area contributed by atoms with Crippen LogP contribution in [0.1, 0.15) is 23.6 Å². The largest absolute Gasteiger partial charge is 0.494 e. The number of hydrogen-bond donors (Lipinski definition) is 1. The van der Waals surface area contributed by atoms with Crippen LogP contribution in [0.2, 0.25) is 0 Å². The van der Waals surface area contributed by atoms with Crippen molar-refractivity contribution >= 4 is 0 Å². The Labute approximate surface area is 115 Å². The van der Waals surface area contributed by atoms with Crippen LogP contribution < -0.4 is 10.1 Å². The molecule has 0 saturated carbocycles. The van der Waals surface area contributed by atoms with Gasteiger partial charge in [0.2, 0.25) is 0 Å². The molecule has 0 aromatic heterocycles. The first-order valence-corrected chi connectivity index (χ1v) is 6.77. The van der Waals surface area contributed by atoms with Gasteiger partial charge in [-0.2, -0.15) is 0 Å². The SMILES string of the molecule is CCOc1ccccc1CNCc1ccccc1C. The molecule has 100 valence electrons. The average molecular weight is 255 g/mol. The maximum absolute atomic E-state index is 5.62. The molecule has 0 bridgehead atoms. The first kappa shape index (κ1) is 13.6. The molecule has 2 aromatic rings. The van der Waals surface area contributed by atoms with Gasteiger partial charge in [-0.3, -0.25) is 0 Å². The Morgan fingerprint density at radius 1 is 0.895 bits per heavy atom. The van der Waals surface area contributed by atoms with Crippen LogP contribution in [-0.4, -0.2) is 6.61 Å². The first-order chi connectivity index (χ1) is 9.31. The maximum atomic E-state index is 5.62. The predicted molar refractivity (Wildman–Crippen MR) is 79.3 cm³/mol. The highest BCUT2D eigenvalue weighted by atomic mass is 16.5. The summed E-state index contributed by atoms with van der Waals surface area (Å²) in [6.45, 7) is 6.56. The highest BCUT2D eigenvalue weighted by molar-refractivity contribution is 5.33. The van der Waals surface area contributed by atoms with Gasteiger partial charge in [-0.05, 0) is 31.0 Å². The highest BCUT2D eigenvalue weighted by Crippen LogP contribution is 2.17. The van der Waals surface area contributed by atoms with Gasteiger partial charge in [-0.15, -0.1) is 0 Å². The lowest BCUT2D eigenvalue weighted by molar-refractivity contribution is 0.335. The van der Waals surface area contributed by atoms with Gasteiger partial charge in [-0.1, -0.05) is 42.5 Å². The number of rotatable bonds is 6. The van der Waals surface area contributed by atoms with Crippen molar-refractivity contribution in [3.63, 3.8) is 0 Å². The quantitative estimate of drug-likeness (QED) is 0.850. The summed E-state index contributed by atoms with van der Waals surface area (Å²) in [6, 6.07) is 16.6. The van der Waals surface area contributed by atoms with Crippen LogP contribution in [-0.2, 0) is 13.1 Å². The molecule has 0 aliphatic heterocycles. The minimum absolute atomic E-state index is 0.703. The zero-order chi connectivity index (χ0) is 13.5. The van der Waals surface area contributed by atoms with E-state index in [-0.39, 0.29) is 0 Å². The third kappa shape index (κ3) is 3.83. The second kappa shape index (κ2) is 6.95. The molecule has 0 radical (unpaired) electrons. The molecule has 0 unspecified atom stereocenters. The van der Waals surface area contributed by atoms with Gasteiger partial charge in [0.15, 0.2) is 0 Å². The van der Waals surface area contributed by atoms with Gasteiger partial charge in [0, 0.05) is 18.7 Å². The van der Waals surface area contributed by atoms with Crippen LogP contribution in [0.5, 0.6) is 5.75 Å². The smallest absolute Gasteiger partial charge is 0.123 e. The Hall–Kier alpha value is -1.80. The number of nitrogens with one attached hydrogen (secondary N) is 1. The molecule has 2 nitrogen and oxygen atoms in total. The zero-order valence-corrected chi connectivity index (χ0v) is 11.6. The van der Waals surface area contributed by atoms with Gasteiger partial charge in [-0.25, -0.2) is 0 Å². The molecule has 19 heavy (non-hydrogen) atoms. The molecular formula is C17H21NO. The fourth-order valence-electron chi connectivity index (χ4n) is 2.09. The first-order valence-electron chi connectivity index (χ1n) is 6.77. The summed E-state index contributed by atoms with van der Waals surface area (Å²) in [5.74, 6) is 0.974. The maximum Gasteiger partial charge on any atom is 0.123 e. The van der Waals surface area contributed by atoms with Crippen LogP contribution in [0.25, 0.3) is 0 Å². The van der Waals surface area contributed by atoms with Crippen molar-refractivity contribution in [1.82, 2.24) is 5.32 Å². The molecule has 1 N–H and O–H groups in total. The van der Waals surface area contributed by atoms with Gasteiger partial charge >= 0.3 is 0 Å². The topological polar surface area (TPSA) is 21.3 Å². The van der Waals surface area contributed by atoms with E-state index in [9.17, 15) is 0 Å². The summed E-state index contributed by atoms with van der Waals surface area (Å²) in [6.07, 6.45) is 0. The number of ether oxygens (including phenoxy) is 1. The van der Waals surface area contributed by atoms with Crippen LogP contribution in [0.3, 0.4) is 0 Å². The van der Waals surface area contributed by atoms with Gasteiger partial charge in [0.1, 0.15) is 5.75 Å². The Kier molecular flexibility index (Phi) is 4.99. The van der Waals surface area contributed by atoms with E-state index < -0.39 is 0 Å². The van der Waals surface area contributed by atoms with E-state index in [0.717, 1.165) is 18.8 Å². The standard InChI is InChI=1S/C17H21NO/c1-3-19-17-11-7-6-10-16(17)13-18-12-15-9-5-4-8-14(15)2/h4-11,18H,3,12-13H2,1-2H3. The number of benzene rings is 2. The van der Waals surface area contributed by atoms with Gasteiger partial charge in [0.05, 0.1) is 6.61 Å². The third-order valence-electron chi connectivity index (χ3n) is 3.16. The molecule has 0 spiro atoms. The summed E-state index contributed by atoms with van der Waals surface area (Å²) in [5.41, 5.74) is 3.88. The van der Waals surface area contributed by atoms with E-state index in [2.05, 4.69) is 42.6 Å². The monoisotopic (exact) mass is 255 g/mol. The Morgan fingerprint density at radius 3 is 2.26 bits per heavy atom. The second-order valence-electron chi connectivity index (χ2n) is 4.57. The van der Waals surface area contributed by atoms with Crippen molar-refractivity contribution in [3.05, 3.63) is 65.2 Å². The van der Waals surface area contributed by atoms with E-state index in [0.29, 0.717) is 6.61 Å². The van der Waals surface area contributed by atoms with Gasteiger partial charge in [0.25, 0.3) is 0 Å². The van der Waals surface area contributed by atoms with Crippen molar-refractivity contribution in [2.45, 2.75) is 26.9 Å². The average Bonchev–Trinajstić information content (AvgIpc) is 2.43. The Morgan fingerprint density at radius 2 is 1.53 bits per heavy atom. The van der Waals surface area contributed by atoms with Crippen molar-refractivity contribution < 1.29 is 4.74 Å². The summed E-state index contributed by atoms with van der Waals surface area (Å²) in [4.78, 5) is 0. The van der Waals surface area contributed by atoms with Crippen LogP contribution in [0.15, 0.2) is 48.5 Å². The molecule has 0 saturated heterocycles. The fraction of sp³-hybridized carbons (Fsp3) is 0.294. The van der Waals surface area contributed by atoms with Crippen LogP contribution in [0, 0.1) is 6.92 Å². The van der Waals surface area contributed by atoms with E-state index in [1.807, 2.05) is 25.1 Å². The molecular weight excluding hydrogens is 234 g/mol. The van der Waals surface area contributed by atoms with Crippen LogP contribution in [0.4, 0.5) is 0 Å². The number of para-hydroxylation sites is 1. The van der Waals surface area contributed by atoms with E-state index in [1.54, 1.807) is 0 Å². The molecule has 2 rings (SSSR count). The lowest BCUT2D eigenvalue weighted by atomic mass is 10.1. The van der Waals surface area contributed by atoms with E-state index in [1.165, 1.54) is 16.7 Å². The summed E-state index contributed by atoms with van der Waals surface area (Å²) >= 11 is 0. The minimum Gasteiger partial charge on any atom is -0.494 e. The third-order valence-corrected chi connectivity index (χ3v) is 3.16. The molecule has 0 atom stereocenters. The number of hydrogen-bond acceptors (Lipinski definition) is 2. The van der Waals surface area contributed by atoms with Crippen molar-refractivity contribution in [1.29, 1.82) is 0 Å². The van der Waals surface area contributed by atoms with Gasteiger partial charge < -0.3 is 10.1 Å². The second-order valence-corrected chi connectivity index (χ2v) is 4.57. The lowest BCUT2D eigenvalue weighted by Gasteiger charge is -2.11. The lowest BCUT2D eigenvalue weighted by Crippen LogP contribution is -2.14. The highest BCUT2D eigenvalue weighted by Gasteiger charge is 2.02. The summed E-state index contributed by atoms with van der Waals surface area (Å²) in [5, 5.41) is 3.48. The Balaban J connectivity index is 1.94. The van der Waals surface area contributed by atoms with E-state index >= 15 is 0 Å². The van der Waals surface area contributed by atoms with E-state index in [4.69, 9.17) is 4.74 Å². The molecule has 2 heteroatoms. The molecule has 2 aromatic carbocycles. The summed E-state index contributed by atoms with van der Waals surface area (Å²) in [7, 11) is 0. The molecule has 0 aliphatic rings. The van der Waals surface area contributed by atoms with Crippen molar-refractivity contribution in [2.75, 3.05) is 6.61 Å². The molecule has 0 amide bonds. The number of aryl methyl sites for hydroxylation is 1. The Bertz CT molecular complexity index is 522. The molecule has 0 fully saturated rings.